The summed E-state index contributed by atoms with van der Waals surface area (Å²) in [5.41, 5.74) is 3.13. The number of nitrogens with zero attached hydrogens (tertiary/aromatic N) is 2. The number of halogens is 1. The fraction of sp³-hybridized carbons (Fsp3) is 0.0625. The maximum Gasteiger partial charge on any atom is 0.340 e. The van der Waals surface area contributed by atoms with Crippen LogP contribution in [-0.2, 0) is 4.74 Å². The highest BCUT2D eigenvalue weighted by atomic mass is 35.5. The molecule has 0 aliphatic rings. The van der Waals surface area contributed by atoms with Crippen LogP contribution in [0.3, 0.4) is 0 Å². The quantitative estimate of drug-likeness (QED) is 0.676. The Balaban J connectivity index is 2.18. The molecule has 5 heteroatoms. The van der Waals surface area contributed by atoms with E-state index in [0.717, 1.165) is 5.56 Å². The zero-order valence-electron chi connectivity index (χ0n) is 11.2. The molecule has 3 rings (SSSR count). The largest absolute Gasteiger partial charge is 0.465 e. The molecule has 0 unspecified atom stereocenters. The van der Waals surface area contributed by atoms with Crippen molar-refractivity contribution in [2.24, 2.45) is 0 Å². The maximum absolute atomic E-state index is 11.8. The van der Waals surface area contributed by atoms with Gasteiger partial charge in [0.25, 0.3) is 0 Å². The van der Waals surface area contributed by atoms with Gasteiger partial charge in [-0.3, -0.25) is 4.98 Å². The fourth-order valence-corrected chi connectivity index (χ4v) is 2.19. The average Bonchev–Trinajstić information content (AvgIpc) is 2.54. The van der Waals surface area contributed by atoms with E-state index >= 15 is 0 Å². The summed E-state index contributed by atoms with van der Waals surface area (Å²) in [5.74, 6) is -0.428. The smallest absolute Gasteiger partial charge is 0.340 e. The first kappa shape index (κ1) is 13.5. The molecule has 3 aromatic rings. The molecule has 0 saturated carbocycles. The number of methoxy groups -OCH3 is 1. The molecule has 0 bridgehead atoms. The van der Waals surface area contributed by atoms with Gasteiger partial charge in [-0.25, -0.2) is 9.78 Å². The normalized spacial score (nSPS) is 10.6. The summed E-state index contributed by atoms with van der Waals surface area (Å²) < 4.78 is 4.78. The van der Waals surface area contributed by atoms with Crippen LogP contribution in [-0.4, -0.2) is 23.0 Å². The Kier molecular flexibility index (Phi) is 3.54. The highest BCUT2D eigenvalue weighted by Gasteiger charge is 2.13. The predicted molar refractivity (Wildman–Crippen MR) is 81.3 cm³/mol. The molecule has 0 aliphatic heterocycles. The summed E-state index contributed by atoms with van der Waals surface area (Å²) in [5, 5.41) is 0.655. The second kappa shape index (κ2) is 5.50. The van der Waals surface area contributed by atoms with Crippen molar-refractivity contribution in [1.29, 1.82) is 0 Å². The van der Waals surface area contributed by atoms with E-state index in [-0.39, 0.29) is 0 Å². The molecule has 4 nitrogen and oxygen atoms in total. The van der Waals surface area contributed by atoms with Crippen LogP contribution in [0.2, 0.25) is 5.02 Å². The molecule has 1 aromatic heterocycles. The van der Waals surface area contributed by atoms with Gasteiger partial charge in [-0.2, -0.15) is 0 Å². The van der Waals surface area contributed by atoms with Crippen LogP contribution in [0.4, 0.5) is 0 Å². The highest BCUT2D eigenvalue weighted by Crippen LogP contribution is 2.23. The van der Waals surface area contributed by atoms with E-state index < -0.39 is 5.97 Å². The number of hydrogen-bond donors (Lipinski definition) is 0. The Hall–Kier alpha value is -2.46. The Morgan fingerprint density at radius 3 is 2.62 bits per heavy atom. The molecule has 0 radical (unpaired) electrons. The van der Waals surface area contributed by atoms with E-state index in [1.165, 1.54) is 7.11 Å². The van der Waals surface area contributed by atoms with Crippen molar-refractivity contribution in [3.63, 3.8) is 0 Å². The van der Waals surface area contributed by atoms with Crippen LogP contribution < -0.4 is 0 Å². The molecular formula is C16H11ClN2O2. The molecule has 0 spiro atoms. The molecule has 104 valence electrons. The van der Waals surface area contributed by atoms with Crippen LogP contribution in [0.15, 0.2) is 48.7 Å². The number of hydrogen-bond acceptors (Lipinski definition) is 4. The number of para-hydroxylation sites is 1. The van der Waals surface area contributed by atoms with Crippen molar-refractivity contribution in [3.8, 4) is 11.3 Å². The van der Waals surface area contributed by atoms with E-state index in [2.05, 4.69) is 9.97 Å². The van der Waals surface area contributed by atoms with Gasteiger partial charge >= 0.3 is 5.97 Å². The molecule has 0 atom stereocenters. The first-order chi connectivity index (χ1) is 10.2. The van der Waals surface area contributed by atoms with Gasteiger partial charge in [-0.15, -0.1) is 0 Å². The number of ether oxygens (including phenoxy) is 1. The maximum atomic E-state index is 11.8. The van der Waals surface area contributed by atoms with Crippen molar-refractivity contribution in [3.05, 3.63) is 59.2 Å². The highest BCUT2D eigenvalue weighted by molar-refractivity contribution is 6.30. The monoisotopic (exact) mass is 298 g/mol. The van der Waals surface area contributed by atoms with E-state index in [9.17, 15) is 4.79 Å². The van der Waals surface area contributed by atoms with Crippen LogP contribution in [0.1, 0.15) is 10.4 Å². The Morgan fingerprint density at radius 1 is 1.14 bits per heavy atom. The van der Waals surface area contributed by atoms with Gasteiger partial charge in [0.15, 0.2) is 0 Å². The van der Waals surface area contributed by atoms with Crippen LogP contribution in [0.25, 0.3) is 22.3 Å². The lowest BCUT2D eigenvalue weighted by molar-refractivity contribution is 0.0603. The summed E-state index contributed by atoms with van der Waals surface area (Å²) in [6.07, 6.45) is 1.67. The summed E-state index contributed by atoms with van der Waals surface area (Å²) >= 11 is 5.88. The predicted octanol–water partition coefficient (Wildman–Crippen LogP) is 3.74. The molecule has 0 fully saturated rings. The van der Waals surface area contributed by atoms with Gasteiger partial charge in [0.2, 0.25) is 0 Å². The van der Waals surface area contributed by atoms with Crippen LogP contribution >= 0.6 is 11.6 Å². The van der Waals surface area contributed by atoms with Crippen molar-refractivity contribution in [2.45, 2.75) is 0 Å². The minimum absolute atomic E-state index is 0.401. The number of fused-ring (bicyclic) bond motifs is 1. The lowest BCUT2D eigenvalue weighted by Crippen LogP contribution is -2.03. The Bertz CT molecular complexity index is 816. The van der Waals surface area contributed by atoms with E-state index in [1.807, 2.05) is 12.1 Å². The molecular weight excluding hydrogens is 288 g/mol. The Labute approximate surface area is 126 Å². The molecule has 0 aliphatic carbocycles. The number of benzene rings is 2. The topological polar surface area (TPSA) is 52.1 Å². The van der Waals surface area contributed by atoms with E-state index in [1.54, 1.807) is 36.5 Å². The average molecular weight is 299 g/mol. The van der Waals surface area contributed by atoms with Crippen molar-refractivity contribution in [2.75, 3.05) is 7.11 Å². The van der Waals surface area contributed by atoms with Gasteiger partial charge < -0.3 is 4.74 Å². The molecule has 0 N–H and O–H groups in total. The molecule has 0 saturated heterocycles. The molecule has 1 heterocycles. The Morgan fingerprint density at radius 2 is 1.90 bits per heavy atom. The summed E-state index contributed by atoms with van der Waals surface area (Å²) in [4.78, 5) is 20.7. The van der Waals surface area contributed by atoms with Gasteiger partial charge in [0, 0.05) is 10.6 Å². The first-order valence-corrected chi connectivity index (χ1v) is 6.67. The van der Waals surface area contributed by atoms with Crippen LogP contribution in [0, 0.1) is 0 Å². The SMILES string of the molecule is COC(=O)c1cccc2ncc(-c3ccc(Cl)cc3)nc12. The summed E-state index contributed by atoms with van der Waals surface area (Å²) in [7, 11) is 1.34. The molecule has 21 heavy (non-hydrogen) atoms. The number of esters is 1. The van der Waals surface area contributed by atoms with Crippen molar-refractivity contribution in [1.82, 2.24) is 9.97 Å². The number of carbonyl (C=O) groups excluding carboxylic acids is 1. The van der Waals surface area contributed by atoms with Gasteiger partial charge in [-0.05, 0) is 24.3 Å². The van der Waals surface area contributed by atoms with Gasteiger partial charge in [-0.1, -0.05) is 29.8 Å². The number of carbonyl (C=O) groups is 1. The zero-order valence-corrected chi connectivity index (χ0v) is 12.0. The zero-order chi connectivity index (χ0) is 14.8. The summed E-state index contributed by atoms with van der Waals surface area (Å²) in [6, 6.07) is 12.5. The lowest BCUT2D eigenvalue weighted by atomic mass is 10.1. The second-order valence-electron chi connectivity index (χ2n) is 4.43. The standard InChI is InChI=1S/C16H11ClN2O2/c1-21-16(20)12-3-2-4-13-15(12)19-14(9-18-13)10-5-7-11(17)8-6-10/h2-9H,1H3. The lowest BCUT2D eigenvalue weighted by Gasteiger charge is -2.06. The summed E-state index contributed by atoms with van der Waals surface area (Å²) in [6.45, 7) is 0. The third-order valence-corrected chi connectivity index (χ3v) is 3.37. The number of rotatable bonds is 2. The second-order valence-corrected chi connectivity index (χ2v) is 4.86. The van der Waals surface area contributed by atoms with Crippen molar-refractivity contribution < 1.29 is 9.53 Å². The van der Waals surface area contributed by atoms with E-state index in [0.29, 0.717) is 27.3 Å². The number of aromatic nitrogens is 2. The first-order valence-electron chi connectivity index (χ1n) is 6.29. The molecule has 0 amide bonds. The minimum atomic E-state index is -0.428. The third-order valence-electron chi connectivity index (χ3n) is 3.12. The van der Waals surface area contributed by atoms with E-state index in [4.69, 9.17) is 16.3 Å². The van der Waals surface area contributed by atoms with Crippen molar-refractivity contribution >= 4 is 28.6 Å². The fourth-order valence-electron chi connectivity index (χ4n) is 2.07. The molecule has 2 aromatic carbocycles. The van der Waals surface area contributed by atoms with Crippen LogP contribution in [0.5, 0.6) is 0 Å². The third kappa shape index (κ3) is 2.58. The van der Waals surface area contributed by atoms with Gasteiger partial charge in [0.05, 0.1) is 30.1 Å². The minimum Gasteiger partial charge on any atom is -0.465 e. The van der Waals surface area contributed by atoms with Gasteiger partial charge in [0.1, 0.15) is 5.52 Å².